The molecule has 0 aliphatic heterocycles. The molecule has 1 unspecified atom stereocenters. The van der Waals surface area contributed by atoms with E-state index >= 15 is 0 Å². The molecule has 0 aliphatic carbocycles. The molecule has 1 aromatic carbocycles. The topological polar surface area (TPSA) is 71.0 Å². The van der Waals surface area contributed by atoms with Crippen LogP contribution in [-0.4, -0.2) is 18.6 Å². The van der Waals surface area contributed by atoms with Crippen molar-refractivity contribution < 1.29 is 18.9 Å². The molecule has 0 saturated carbocycles. The quantitative estimate of drug-likeness (QED) is 0.594. The zero-order valence-corrected chi connectivity index (χ0v) is 10.6. The summed E-state index contributed by atoms with van der Waals surface area (Å²) in [5, 5.41) is 0. The first-order chi connectivity index (χ1) is 8.13. The largest absolute Gasteiger partial charge is 0.575 e. The van der Waals surface area contributed by atoms with Crippen molar-refractivity contribution in [2.45, 2.75) is 19.9 Å². The maximum Gasteiger partial charge on any atom is 0.395 e. The molecule has 6 heteroatoms. The van der Waals surface area contributed by atoms with Crippen molar-refractivity contribution >= 4 is 14.1 Å². The van der Waals surface area contributed by atoms with Gasteiger partial charge in [0.25, 0.3) is 0 Å². The predicted octanol–water partition coefficient (Wildman–Crippen LogP) is 1.87. The van der Waals surface area contributed by atoms with E-state index in [0.29, 0.717) is 5.75 Å². The van der Waals surface area contributed by atoms with Crippen LogP contribution < -0.4 is 9.42 Å². The number of esters is 1. The Kier molecular flexibility index (Phi) is 5.60. The number of ether oxygens (including phenoxy) is 1. The minimum absolute atomic E-state index is 0.273. The zero-order chi connectivity index (χ0) is 12.7. The summed E-state index contributed by atoms with van der Waals surface area (Å²) in [5.74, 6) is -0.0547. The molecule has 0 heterocycles. The van der Waals surface area contributed by atoms with Gasteiger partial charge in [0.1, 0.15) is 0 Å². The average molecular weight is 255 g/mol. The van der Waals surface area contributed by atoms with Crippen molar-refractivity contribution in [1.29, 1.82) is 0 Å². The normalized spacial score (nSPS) is 13.0. The van der Waals surface area contributed by atoms with Gasteiger partial charge >= 0.3 is 14.1 Å². The van der Waals surface area contributed by atoms with Gasteiger partial charge in [-0.1, -0.05) is 22.9 Å². The Hall–Kier alpha value is -1.45. The molecule has 5 nitrogen and oxygen atoms in total. The van der Waals surface area contributed by atoms with Crippen molar-refractivity contribution in [3.05, 3.63) is 30.3 Å². The molecule has 0 bridgehead atoms. The minimum atomic E-state index is -2.27. The highest BCUT2D eigenvalue weighted by Crippen LogP contribution is 2.23. The Balaban J connectivity index is 2.57. The SMILES string of the molecule is CCOC(=O)[C@H](C)N=[P+]([O-])Oc1ccccc1. The molecule has 1 aromatic rings. The standard InChI is InChI=1S/C11H14NO4P/c1-3-15-11(13)9(2)12-17(14)16-10-7-5-4-6-8-10/h4-9H,3H2,1-2H3/t9-/m0/s1. The molecule has 0 saturated heterocycles. The van der Waals surface area contributed by atoms with E-state index in [1.165, 1.54) is 6.92 Å². The summed E-state index contributed by atoms with van der Waals surface area (Å²) in [6, 6.07) is 7.87. The lowest BCUT2D eigenvalue weighted by atomic mass is 10.3. The highest BCUT2D eigenvalue weighted by molar-refractivity contribution is 7.34. The Morgan fingerprint density at radius 1 is 1.47 bits per heavy atom. The number of carbonyl (C=O) groups is 1. The molecular formula is C11H14NO4P. The van der Waals surface area contributed by atoms with Crippen LogP contribution in [0.2, 0.25) is 0 Å². The summed E-state index contributed by atoms with van der Waals surface area (Å²) >= 11 is 0. The third-order valence-electron chi connectivity index (χ3n) is 1.82. The minimum Gasteiger partial charge on any atom is -0.575 e. The van der Waals surface area contributed by atoms with Crippen molar-refractivity contribution in [2.75, 3.05) is 6.61 Å². The first kappa shape index (κ1) is 13.6. The van der Waals surface area contributed by atoms with Gasteiger partial charge in [-0.15, -0.1) is 0 Å². The third-order valence-corrected chi connectivity index (χ3v) is 2.72. The van der Waals surface area contributed by atoms with Gasteiger partial charge in [-0.3, -0.25) is 4.52 Å². The van der Waals surface area contributed by atoms with Gasteiger partial charge in [-0.2, -0.15) is 0 Å². The van der Waals surface area contributed by atoms with Gasteiger partial charge in [-0.25, -0.2) is 4.79 Å². The van der Waals surface area contributed by atoms with Crippen LogP contribution in [0.15, 0.2) is 35.1 Å². The maximum absolute atomic E-state index is 11.5. The number of nitrogens with zero attached hydrogens (tertiary/aromatic N) is 1. The maximum atomic E-state index is 11.5. The van der Waals surface area contributed by atoms with Crippen molar-refractivity contribution in [2.24, 2.45) is 4.74 Å². The van der Waals surface area contributed by atoms with Gasteiger partial charge in [0.15, 0.2) is 11.8 Å². The Morgan fingerprint density at radius 2 is 2.12 bits per heavy atom. The molecular weight excluding hydrogens is 241 g/mol. The van der Waals surface area contributed by atoms with Crippen LogP contribution in [0.1, 0.15) is 13.8 Å². The van der Waals surface area contributed by atoms with Crippen LogP contribution in [0.4, 0.5) is 0 Å². The fourth-order valence-electron chi connectivity index (χ4n) is 1.05. The molecule has 2 atom stereocenters. The summed E-state index contributed by atoms with van der Waals surface area (Å²) in [7, 11) is -2.27. The number of rotatable bonds is 5. The second-order valence-electron chi connectivity index (χ2n) is 3.19. The van der Waals surface area contributed by atoms with Crippen molar-refractivity contribution in [3.8, 4) is 5.75 Å². The highest BCUT2D eigenvalue weighted by Gasteiger charge is 2.17. The monoisotopic (exact) mass is 255 g/mol. The van der Waals surface area contributed by atoms with Crippen LogP contribution in [0.25, 0.3) is 0 Å². The molecule has 0 aromatic heterocycles. The molecule has 0 spiro atoms. The predicted molar refractivity (Wildman–Crippen MR) is 62.5 cm³/mol. The van der Waals surface area contributed by atoms with Crippen LogP contribution in [0.5, 0.6) is 5.75 Å². The summed E-state index contributed by atoms with van der Waals surface area (Å²) in [5.41, 5.74) is 0. The Morgan fingerprint density at radius 3 is 2.71 bits per heavy atom. The van der Waals surface area contributed by atoms with E-state index in [1.54, 1.807) is 31.2 Å². The first-order valence-corrected chi connectivity index (χ1v) is 6.34. The lowest BCUT2D eigenvalue weighted by molar-refractivity contribution is -0.169. The van der Waals surface area contributed by atoms with E-state index < -0.39 is 20.2 Å². The van der Waals surface area contributed by atoms with E-state index in [-0.39, 0.29) is 6.61 Å². The number of hydrogen-bond acceptors (Lipinski definition) is 5. The highest BCUT2D eigenvalue weighted by atomic mass is 31.1. The van der Waals surface area contributed by atoms with Crippen molar-refractivity contribution in [3.63, 3.8) is 0 Å². The summed E-state index contributed by atoms with van der Waals surface area (Å²) < 4.78 is 13.5. The second kappa shape index (κ2) is 6.99. The number of carbonyl (C=O) groups excluding carboxylic acids is 1. The van der Waals surface area contributed by atoms with Crippen LogP contribution >= 0.6 is 8.17 Å². The van der Waals surface area contributed by atoms with Crippen LogP contribution in [-0.2, 0) is 9.53 Å². The van der Waals surface area contributed by atoms with E-state index in [0.717, 1.165) is 0 Å². The second-order valence-corrected chi connectivity index (χ2v) is 4.07. The van der Waals surface area contributed by atoms with Crippen molar-refractivity contribution in [1.82, 2.24) is 0 Å². The summed E-state index contributed by atoms with van der Waals surface area (Å²) in [4.78, 5) is 22.7. The zero-order valence-electron chi connectivity index (χ0n) is 9.70. The van der Waals surface area contributed by atoms with Gasteiger partial charge in [0, 0.05) is 0 Å². The molecule has 0 fully saturated rings. The lowest BCUT2D eigenvalue weighted by Crippen LogP contribution is -2.18. The lowest BCUT2D eigenvalue weighted by Gasteiger charge is -2.03. The fraction of sp³-hybridized carbons (Fsp3) is 0.364. The molecule has 0 aliphatic rings. The van der Waals surface area contributed by atoms with Gasteiger partial charge in [0.2, 0.25) is 0 Å². The van der Waals surface area contributed by atoms with E-state index in [1.807, 2.05) is 6.07 Å². The third kappa shape index (κ3) is 4.93. The molecule has 1 rings (SSSR count). The molecule has 0 N–H and O–H groups in total. The number of hydrogen-bond donors (Lipinski definition) is 0. The number of para-hydroxylation sites is 1. The molecule has 0 radical (unpaired) electrons. The summed E-state index contributed by atoms with van der Waals surface area (Å²) in [6.07, 6.45) is 0. The van der Waals surface area contributed by atoms with E-state index in [2.05, 4.69) is 4.74 Å². The number of benzene rings is 1. The molecule has 17 heavy (non-hydrogen) atoms. The molecule has 0 amide bonds. The van der Waals surface area contributed by atoms with Gasteiger partial charge in [0.05, 0.1) is 6.61 Å². The van der Waals surface area contributed by atoms with Gasteiger partial charge < -0.3 is 9.63 Å². The van der Waals surface area contributed by atoms with Crippen LogP contribution in [0, 0.1) is 0 Å². The Labute approximate surface area is 101 Å². The average Bonchev–Trinajstić information content (AvgIpc) is 2.30. The first-order valence-electron chi connectivity index (χ1n) is 5.21. The van der Waals surface area contributed by atoms with Gasteiger partial charge in [-0.05, 0) is 26.0 Å². The molecule has 92 valence electrons. The fourth-order valence-corrected chi connectivity index (χ4v) is 1.77. The van der Waals surface area contributed by atoms with Crippen LogP contribution in [0.3, 0.4) is 0 Å². The smallest absolute Gasteiger partial charge is 0.395 e. The summed E-state index contributed by atoms with van der Waals surface area (Å²) in [6.45, 7) is 3.49. The van der Waals surface area contributed by atoms with E-state index in [4.69, 9.17) is 9.26 Å². The Bertz CT molecular complexity index is 394. The van der Waals surface area contributed by atoms with E-state index in [9.17, 15) is 9.69 Å².